The van der Waals surface area contributed by atoms with Crippen LogP contribution in [0.1, 0.15) is 100 Å². The van der Waals surface area contributed by atoms with Gasteiger partial charge in [-0.1, -0.05) is 56.4 Å². The van der Waals surface area contributed by atoms with E-state index in [9.17, 15) is 42.3 Å². The minimum Gasteiger partial charge on any atom is -0.477 e. The second-order valence-corrected chi connectivity index (χ2v) is 17.8. The molecule has 3 aliphatic heterocycles. The molecule has 1 aliphatic carbocycles. The number of amides is 5. The van der Waals surface area contributed by atoms with Crippen LogP contribution in [0.4, 0.5) is 9.59 Å². The Morgan fingerprint density at radius 2 is 1.59 bits per heavy atom. The van der Waals surface area contributed by atoms with Crippen LogP contribution in [-0.2, 0) is 54.0 Å². The first kappa shape index (κ1) is 40.5. The number of carboxylic acids is 1. The minimum absolute atomic E-state index is 0.120. The summed E-state index contributed by atoms with van der Waals surface area (Å²) in [4.78, 5) is 83.5. The number of hydrogen-bond acceptors (Lipinski definition) is 10. The highest BCUT2D eigenvalue weighted by molar-refractivity contribution is 7.90. The Kier molecular flexibility index (Phi) is 11.4. The predicted octanol–water partition coefficient (Wildman–Crippen LogP) is 3.16. The Morgan fingerprint density at radius 3 is 2.21 bits per heavy atom. The average Bonchev–Trinajstić information content (AvgIpc) is 3.44. The molecule has 17 nitrogen and oxygen atoms in total. The highest BCUT2D eigenvalue weighted by Crippen LogP contribution is 2.48. The molecule has 0 unspecified atom stereocenters. The zero-order valence-electron chi connectivity index (χ0n) is 32.0. The number of benzene rings is 1. The summed E-state index contributed by atoms with van der Waals surface area (Å²) < 4.78 is 41.2. The molecule has 0 spiro atoms. The number of carbonyl (C=O) groups excluding carboxylic acids is 5. The molecule has 1 aromatic carbocycles. The van der Waals surface area contributed by atoms with Gasteiger partial charge in [0.25, 0.3) is 15.9 Å². The Hall–Kier alpha value is -5.13. The fourth-order valence-corrected chi connectivity index (χ4v) is 9.18. The fraction of sp³-hybridized carbons (Fsp3) is 0.579. The molecular formula is C38H50N6O11S. The predicted molar refractivity (Wildman–Crippen MR) is 198 cm³/mol. The number of hydrogen-bond donors (Lipinski definition) is 4. The second kappa shape index (κ2) is 15.8. The molecule has 5 atom stereocenters. The lowest BCUT2D eigenvalue weighted by Crippen LogP contribution is -2.58. The molecule has 2 saturated heterocycles. The van der Waals surface area contributed by atoms with E-state index in [2.05, 4.69) is 15.4 Å². The normalized spacial score (nSPS) is 25.7. The van der Waals surface area contributed by atoms with Crippen LogP contribution >= 0.6 is 0 Å². The summed E-state index contributed by atoms with van der Waals surface area (Å²) in [6, 6.07) is 7.45. The lowest BCUT2D eigenvalue weighted by molar-refractivity contribution is -0.141. The van der Waals surface area contributed by atoms with E-state index in [1.807, 2.05) is 24.3 Å². The van der Waals surface area contributed by atoms with E-state index in [-0.39, 0.29) is 31.5 Å². The smallest absolute Gasteiger partial charge is 0.410 e. The number of carbonyl (C=O) groups is 6. The number of rotatable bonds is 6. The Labute approximate surface area is 325 Å². The van der Waals surface area contributed by atoms with Gasteiger partial charge in [-0.25, -0.2) is 19.1 Å². The molecule has 1 aromatic heterocycles. The average molecular weight is 799 g/mol. The third-order valence-electron chi connectivity index (χ3n) is 10.9. The van der Waals surface area contributed by atoms with Crippen molar-refractivity contribution >= 4 is 45.9 Å². The summed E-state index contributed by atoms with van der Waals surface area (Å²) in [6.07, 6.45) is 2.01. The molecule has 4 heterocycles. The lowest BCUT2D eigenvalue weighted by Gasteiger charge is -2.30. The van der Waals surface area contributed by atoms with Crippen molar-refractivity contribution in [2.75, 3.05) is 6.54 Å². The van der Waals surface area contributed by atoms with E-state index < -0.39 is 86.2 Å². The van der Waals surface area contributed by atoms with Gasteiger partial charge in [0.1, 0.15) is 35.0 Å². The summed E-state index contributed by atoms with van der Waals surface area (Å²) in [5.41, 5.74) is -0.845. The van der Waals surface area contributed by atoms with Gasteiger partial charge in [0.05, 0.1) is 6.54 Å². The molecule has 4 aliphatic rings. The molecule has 6 rings (SSSR count). The maximum Gasteiger partial charge on any atom is 0.410 e. The van der Waals surface area contributed by atoms with Crippen LogP contribution < -0.4 is 15.4 Å². The number of nitrogens with one attached hydrogen (secondary N) is 3. The number of alkyl carbamates (subject to hydrolysis) is 1. The molecular weight excluding hydrogens is 749 g/mol. The van der Waals surface area contributed by atoms with Crippen LogP contribution in [0.25, 0.3) is 0 Å². The van der Waals surface area contributed by atoms with E-state index in [0.29, 0.717) is 32.4 Å². The van der Waals surface area contributed by atoms with E-state index >= 15 is 0 Å². The largest absolute Gasteiger partial charge is 0.477 e. The van der Waals surface area contributed by atoms with E-state index in [1.165, 1.54) is 16.8 Å². The zero-order valence-corrected chi connectivity index (χ0v) is 32.9. The van der Waals surface area contributed by atoms with Gasteiger partial charge in [0, 0.05) is 26.6 Å². The number of aromatic nitrogens is 1. The molecule has 2 aromatic rings. The van der Waals surface area contributed by atoms with Crippen molar-refractivity contribution in [1.29, 1.82) is 0 Å². The zero-order chi connectivity index (χ0) is 40.6. The highest BCUT2D eigenvalue weighted by Gasteiger charge is 2.62. The van der Waals surface area contributed by atoms with Gasteiger partial charge in [-0.2, -0.15) is 8.42 Å². The van der Waals surface area contributed by atoms with Gasteiger partial charge in [-0.3, -0.25) is 19.3 Å². The quantitative estimate of drug-likeness (QED) is 0.332. The van der Waals surface area contributed by atoms with Crippen molar-refractivity contribution in [2.24, 2.45) is 13.0 Å². The summed E-state index contributed by atoms with van der Waals surface area (Å²) in [5.74, 6) is -4.12. The molecule has 4 N–H and O–H groups in total. The number of carboxylic acid groups (broad SMARTS) is 1. The minimum atomic E-state index is -4.59. The molecule has 1 saturated carbocycles. The number of fused-ring (bicyclic) bond motifs is 3. The first-order chi connectivity index (χ1) is 26.4. The Morgan fingerprint density at radius 1 is 0.946 bits per heavy atom. The van der Waals surface area contributed by atoms with Crippen molar-refractivity contribution in [3.63, 3.8) is 0 Å². The van der Waals surface area contributed by atoms with Gasteiger partial charge < -0.3 is 34.7 Å². The van der Waals surface area contributed by atoms with Crippen molar-refractivity contribution in [2.45, 2.75) is 126 Å². The number of nitrogens with zero attached hydrogens (tertiary/aromatic N) is 3. The molecule has 0 radical (unpaired) electrons. The maximum atomic E-state index is 14.4. The van der Waals surface area contributed by atoms with Gasteiger partial charge >= 0.3 is 18.2 Å². The Bertz CT molecular complexity index is 1980. The van der Waals surface area contributed by atoms with Crippen LogP contribution in [0, 0.1) is 5.92 Å². The third kappa shape index (κ3) is 8.79. The number of sulfonamides is 1. The highest BCUT2D eigenvalue weighted by atomic mass is 32.2. The molecule has 3 fully saturated rings. The van der Waals surface area contributed by atoms with E-state index in [4.69, 9.17) is 9.47 Å². The summed E-state index contributed by atoms with van der Waals surface area (Å²) in [6.45, 7) is 5.57. The fourth-order valence-electron chi connectivity index (χ4n) is 7.94. The van der Waals surface area contributed by atoms with E-state index in [0.717, 1.165) is 47.1 Å². The number of aromatic carboxylic acids is 1. The maximum absolute atomic E-state index is 14.4. The van der Waals surface area contributed by atoms with Gasteiger partial charge in [0.2, 0.25) is 11.8 Å². The molecule has 56 heavy (non-hydrogen) atoms. The molecule has 18 heteroatoms. The first-order valence-electron chi connectivity index (χ1n) is 19.0. The lowest BCUT2D eigenvalue weighted by atomic mass is 10.0. The molecule has 304 valence electrons. The van der Waals surface area contributed by atoms with Crippen LogP contribution in [0.5, 0.6) is 0 Å². The monoisotopic (exact) mass is 798 g/mol. The van der Waals surface area contributed by atoms with Gasteiger partial charge in [-0.15, -0.1) is 0 Å². The first-order valence-corrected chi connectivity index (χ1v) is 20.5. The Balaban J connectivity index is 1.26. The second-order valence-electron chi connectivity index (χ2n) is 16.1. The van der Waals surface area contributed by atoms with Crippen LogP contribution in [0.2, 0.25) is 0 Å². The van der Waals surface area contributed by atoms with Gasteiger partial charge in [-0.05, 0) is 69.2 Å². The topological polar surface area (TPSA) is 223 Å². The molecule has 0 bridgehead atoms. The summed E-state index contributed by atoms with van der Waals surface area (Å²) >= 11 is 0. The standard InChI is InChI=1S/C38H50N6O11S/c1-37(2,3)55-35(50)39-27-15-9-7-5-6-8-14-25-19-38(25,34(49)41-56(52,53)30-17-16-28(33(47)48)42(30)4)40-31(45)29-18-26(22-44(29)32(27)46)54-36(51)43-20-23-12-10-11-13-24(23)21-43/h10-13,16-17,25-27,29H,5-9,14-15,18-22H2,1-4H3,(H,39,50)(H,40,45)(H,41,49)(H,47,48)/t25-,26-,27+,29+,38-/m1/s1. The molecule has 5 amide bonds. The van der Waals surface area contributed by atoms with Crippen LogP contribution in [0.15, 0.2) is 41.4 Å². The van der Waals surface area contributed by atoms with E-state index in [1.54, 1.807) is 20.8 Å². The number of ether oxygens (including phenoxy) is 2. The summed E-state index contributed by atoms with van der Waals surface area (Å²) in [5, 5.41) is 14.5. The van der Waals surface area contributed by atoms with Crippen molar-refractivity contribution in [3.05, 3.63) is 53.2 Å². The third-order valence-corrected chi connectivity index (χ3v) is 12.3. The summed E-state index contributed by atoms with van der Waals surface area (Å²) in [7, 11) is -3.34. The SMILES string of the molecule is Cn1c(C(=O)O)ccc1S(=O)(=O)NC(=O)[C@@]12C[C@H]1CCCCCCC[C@H](NC(=O)OC(C)(C)C)C(=O)N1C[C@H](OC(=O)N3Cc4ccccc4C3)C[C@H]1C(=O)N2. The van der Waals surface area contributed by atoms with Crippen molar-refractivity contribution in [3.8, 4) is 0 Å². The van der Waals surface area contributed by atoms with Crippen LogP contribution in [0.3, 0.4) is 0 Å². The van der Waals surface area contributed by atoms with Gasteiger partial charge in [0.15, 0.2) is 5.03 Å². The van der Waals surface area contributed by atoms with Crippen LogP contribution in [-0.4, -0.2) is 99.6 Å². The van der Waals surface area contributed by atoms with Crippen molar-refractivity contribution in [1.82, 2.24) is 29.7 Å². The van der Waals surface area contributed by atoms with Crippen molar-refractivity contribution < 1.29 is 51.8 Å².